The molecule has 5 heteroatoms. The Bertz CT molecular complexity index is 365. The van der Waals surface area contributed by atoms with E-state index in [1.165, 1.54) is 0 Å². The second-order valence-electron chi connectivity index (χ2n) is 3.53. The topological polar surface area (TPSA) is 57.8 Å². The van der Waals surface area contributed by atoms with E-state index in [2.05, 4.69) is 22.2 Å². The van der Waals surface area contributed by atoms with Crippen molar-refractivity contribution in [1.29, 1.82) is 0 Å². The number of hydrogen-bond acceptors (Lipinski definition) is 4. The molecule has 0 bridgehead atoms. The molecule has 0 amide bonds. The maximum Gasteiger partial charge on any atom is 0.290 e. The molecule has 2 rings (SSSR count). The van der Waals surface area contributed by atoms with Gasteiger partial charge in [0.1, 0.15) is 0 Å². The van der Waals surface area contributed by atoms with Crippen molar-refractivity contribution in [3.05, 3.63) is 22.7 Å². The summed E-state index contributed by atoms with van der Waals surface area (Å²) in [6.45, 7) is 2.19. The van der Waals surface area contributed by atoms with Crippen LogP contribution in [0.3, 0.4) is 0 Å². The highest BCUT2D eigenvalue weighted by molar-refractivity contribution is 7.99. The Kier molecular flexibility index (Phi) is 2.77. The fourth-order valence-electron chi connectivity index (χ4n) is 1.48. The maximum atomic E-state index is 11.3. The van der Waals surface area contributed by atoms with Gasteiger partial charge in [0.2, 0.25) is 0 Å². The van der Waals surface area contributed by atoms with Crippen LogP contribution in [0.25, 0.3) is 0 Å². The minimum Gasteiger partial charge on any atom is -0.362 e. The van der Waals surface area contributed by atoms with Crippen molar-refractivity contribution in [3.63, 3.8) is 0 Å². The first-order valence-corrected chi connectivity index (χ1v) is 5.81. The van der Waals surface area contributed by atoms with Crippen LogP contribution in [-0.2, 0) is 0 Å². The van der Waals surface area contributed by atoms with Crippen molar-refractivity contribution in [2.45, 2.75) is 13.0 Å². The lowest BCUT2D eigenvalue weighted by Gasteiger charge is -2.15. The summed E-state index contributed by atoms with van der Waals surface area (Å²) >= 11 is 1.91. The lowest BCUT2D eigenvalue weighted by Crippen LogP contribution is -2.29. The predicted octanol–water partition coefficient (Wildman–Crippen LogP) is 0.933. The Balaban J connectivity index is 2.11. The molecule has 0 saturated carbocycles. The fraction of sp³-hybridized carbons (Fsp3) is 0.556. The van der Waals surface area contributed by atoms with Gasteiger partial charge in [0.25, 0.3) is 5.56 Å². The summed E-state index contributed by atoms with van der Waals surface area (Å²) in [6.07, 6.45) is 3.14. The van der Waals surface area contributed by atoms with Gasteiger partial charge in [-0.05, 0) is 11.7 Å². The van der Waals surface area contributed by atoms with Gasteiger partial charge in [-0.1, -0.05) is 6.92 Å². The summed E-state index contributed by atoms with van der Waals surface area (Å²) in [7, 11) is 0. The number of aromatic amines is 1. The normalized spacial score (nSPS) is 26.4. The first kappa shape index (κ1) is 9.58. The molecule has 2 heterocycles. The first-order chi connectivity index (χ1) is 6.77. The van der Waals surface area contributed by atoms with E-state index in [0.29, 0.717) is 17.8 Å². The summed E-state index contributed by atoms with van der Waals surface area (Å²) < 4.78 is 0. The third-order valence-corrected chi connectivity index (χ3v) is 3.75. The van der Waals surface area contributed by atoms with Gasteiger partial charge in [0.05, 0.1) is 0 Å². The summed E-state index contributed by atoms with van der Waals surface area (Å²) in [5.41, 5.74) is -0.142. The molecule has 2 unspecified atom stereocenters. The standard InChI is InChI=1S/C9H13N3OS/c1-6-4-14-5-7(6)12-8-9(13)11-3-2-10-8/h2-3,6-7H,4-5H2,1H3,(H,10,12)(H,11,13). The fourth-order valence-corrected chi connectivity index (χ4v) is 2.88. The number of nitrogens with zero attached hydrogens (tertiary/aromatic N) is 1. The van der Waals surface area contributed by atoms with Crippen molar-refractivity contribution in [3.8, 4) is 0 Å². The molecule has 76 valence electrons. The van der Waals surface area contributed by atoms with Crippen LogP contribution in [0.5, 0.6) is 0 Å². The Hall–Kier alpha value is -0.970. The Morgan fingerprint density at radius 3 is 3.14 bits per heavy atom. The van der Waals surface area contributed by atoms with Gasteiger partial charge in [0, 0.05) is 24.2 Å². The molecule has 0 aliphatic carbocycles. The van der Waals surface area contributed by atoms with Gasteiger partial charge >= 0.3 is 0 Å². The van der Waals surface area contributed by atoms with Gasteiger partial charge in [0.15, 0.2) is 5.82 Å². The van der Waals surface area contributed by atoms with Crippen molar-refractivity contribution in [1.82, 2.24) is 9.97 Å². The molecule has 0 aromatic carbocycles. The van der Waals surface area contributed by atoms with E-state index in [0.717, 1.165) is 11.5 Å². The van der Waals surface area contributed by atoms with E-state index >= 15 is 0 Å². The second-order valence-corrected chi connectivity index (χ2v) is 4.61. The summed E-state index contributed by atoms with van der Waals surface area (Å²) in [5, 5.41) is 3.18. The van der Waals surface area contributed by atoms with E-state index in [1.54, 1.807) is 12.4 Å². The van der Waals surface area contributed by atoms with E-state index in [-0.39, 0.29) is 5.56 Å². The molecule has 2 N–H and O–H groups in total. The summed E-state index contributed by atoms with van der Waals surface area (Å²) in [4.78, 5) is 17.9. The lowest BCUT2D eigenvalue weighted by molar-refractivity contribution is 0.596. The van der Waals surface area contributed by atoms with E-state index < -0.39 is 0 Å². The van der Waals surface area contributed by atoms with E-state index in [1.807, 2.05) is 11.8 Å². The molecule has 14 heavy (non-hydrogen) atoms. The molecule has 1 aromatic heterocycles. The molecule has 2 atom stereocenters. The van der Waals surface area contributed by atoms with Gasteiger partial charge in [-0.25, -0.2) is 4.98 Å². The van der Waals surface area contributed by atoms with E-state index in [4.69, 9.17) is 0 Å². The van der Waals surface area contributed by atoms with Gasteiger partial charge in [-0.15, -0.1) is 0 Å². The number of aromatic nitrogens is 2. The van der Waals surface area contributed by atoms with Crippen LogP contribution in [0.2, 0.25) is 0 Å². The highest BCUT2D eigenvalue weighted by Crippen LogP contribution is 2.25. The third-order valence-electron chi connectivity index (χ3n) is 2.39. The van der Waals surface area contributed by atoms with Crippen LogP contribution in [0.4, 0.5) is 5.82 Å². The van der Waals surface area contributed by atoms with Crippen molar-refractivity contribution in [2.75, 3.05) is 16.8 Å². The van der Waals surface area contributed by atoms with Crippen molar-refractivity contribution in [2.24, 2.45) is 5.92 Å². The monoisotopic (exact) mass is 211 g/mol. The molecule has 4 nitrogen and oxygen atoms in total. The van der Waals surface area contributed by atoms with Gasteiger partial charge < -0.3 is 10.3 Å². The predicted molar refractivity (Wildman–Crippen MR) is 58.8 cm³/mol. The maximum absolute atomic E-state index is 11.3. The number of anilines is 1. The van der Waals surface area contributed by atoms with Crippen LogP contribution in [0.1, 0.15) is 6.92 Å². The van der Waals surface area contributed by atoms with E-state index in [9.17, 15) is 4.79 Å². The van der Waals surface area contributed by atoms with Crippen molar-refractivity contribution >= 4 is 17.6 Å². The van der Waals surface area contributed by atoms with Crippen LogP contribution < -0.4 is 10.9 Å². The molecular weight excluding hydrogens is 198 g/mol. The van der Waals surface area contributed by atoms with Crippen molar-refractivity contribution < 1.29 is 0 Å². The summed E-state index contributed by atoms with van der Waals surface area (Å²) in [6, 6.07) is 0.371. The Morgan fingerprint density at radius 2 is 2.50 bits per heavy atom. The average Bonchev–Trinajstić information content (AvgIpc) is 2.56. The minimum atomic E-state index is -0.142. The zero-order chi connectivity index (χ0) is 9.97. The number of hydrogen-bond donors (Lipinski definition) is 2. The molecule has 1 fully saturated rings. The highest BCUT2D eigenvalue weighted by atomic mass is 32.2. The zero-order valence-electron chi connectivity index (χ0n) is 7.99. The first-order valence-electron chi connectivity index (χ1n) is 4.65. The zero-order valence-corrected chi connectivity index (χ0v) is 8.80. The molecule has 1 aliphatic heterocycles. The van der Waals surface area contributed by atoms with Crippen LogP contribution in [0.15, 0.2) is 17.2 Å². The SMILES string of the molecule is CC1CSCC1Nc1ncc[nH]c1=O. The highest BCUT2D eigenvalue weighted by Gasteiger charge is 2.24. The van der Waals surface area contributed by atoms with Crippen LogP contribution in [0, 0.1) is 5.92 Å². The van der Waals surface area contributed by atoms with Crippen LogP contribution in [-0.4, -0.2) is 27.5 Å². The quantitative estimate of drug-likeness (QED) is 0.764. The molecule has 1 aromatic rings. The molecule has 1 aliphatic rings. The smallest absolute Gasteiger partial charge is 0.290 e. The minimum absolute atomic E-state index is 0.142. The number of H-pyrrole nitrogens is 1. The number of thioether (sulfide) groups is 1. The second kappa shape index (κ2) is 4.04. The average molecular weight is 211 g/mol. The number of rotatable bonds is 2. The largest absolute Gasteiger partial charge is 0.362 e. The summed E-state index contributed by atoms with van der Waals surface area (Å²) in [5.74, 6) is 3.24. The Morgan fingerprint density at radius 1 is 1.64 bits per heavy atom. The lowest BCUT2D eigenvalue weighted by atomic mass is 10.1. The number of nitrogens with one attached hydrogen (secondary N) is 2. The molecular formula is C9H13N3OS. The Labute approximate surface area is 86.5 Å². The molecule has 0 radical (unpaired) electrons. The van der Waals surface area contributed by atoms with Gasteiger partial charge in [-0.3, -0.25) is 4.79 Å². The third kappa shape index (κ3) is 1.92. The van der Waals surface area contributed by atoms with Gasteiger partial charge in [-0.2, -0.15) is 11.8 Å². The van der Waals surface area contributed by atoms with Crippen LogP contribution >= 0.6 is 11.8 Å². The molecule has 1 saturated heterocycles. The molecule has 0 spiro atoms.